The lowest BCUT2D eigenvalue weighted by atomic mass is 10.0. The molecule has 0 aromatic heterocycles. The van der Waals surface area contributed by atoms with Gasteiger partial charge in [0.15, 0.2) is 0 Å². The minimum absolute atomic E-state index is 0.0569. The van der Waals surface area contributed by atoms with Crippen LogP contribution in [0.15, 0.2) is 0 Å². The number of hydrogen-bond acceptors (Lipinski definition) is 2. The molecule has 4 heteroatoms. The van der Waals surface area contributed by atoms with E-state index in [4.69, 9.17) is 0 Å². The van der Waals surface area contributed by atoms with Crippen LogP contribution in [0, 0.1) is 0 Å². The van der Waals surface area contributed by atoms with Crippen molar-refractivity contribution < 1.29 is 9.59 Å². The summed E-state index contributed by atoms with van der Waals surface area (Å²) < 4.78 is 0. The lowest BCUT2D eigenvalue weighted by Gasteiger charge is -2.41. The van der Waals surface area contributed by atoms with E-state index in [9.17, 15) is 9.59 Å². The number of hydrogen-bond donors (Lipinski definition) is 0. The first-order chi connectivity index (χ1) is 6.54. The van der Waals surface area contributed by atoms with Crippen LogP contribution in [0.25, 0.3) is 0 Å². The number of likely N-dealkylation sites (N-methyl/N-ethyl adjacent to an activating group) is 2. The van der Waals surface area contributed by atoms with Crippen LogP contribution in [0.3, 0.4) is 0 Å². The van der Waals surface area contributed by atoms with Gasteiger partial charge in [0.25, 0.3) is 0 Å². The minimum atomic E-state index is -0.268. The Kier molecular flexibility index (Phi) is 3.13. The molecular weight excluding hydrogens is 180 g/mol. The molecule has 1 aliphatic rings. The Morgan fingerprint density at radius 2 is 1.21 bits per heavy atom. The fourth-order valence-electron chi connectivity index (χ4n) is 2.01. The van der Waals surface area contributed by atoms with Gasteiger partial charge in [0.1, 0.15) is 12.1 Å². The third-order valence-electron chi connectivity index (χ3n) is 2.97. The molecule has 0 radical (unpaired) electrons. The number of amides is 2. The first-order valence-electron chi connectivity index (χ1n) is 5.07. The molecule has 1 heterocycles. The maximum Gasteiger partial charge on any atom is 0.245 e. The van der Waals surface area contributed by atoms with Gasteiger partial charge in [-0.05, 0) is 12.8 Å². The number of carbonyl (C=O) groups is 2. The van der Waals surface area contributed by atoms with Gasteiger partial charge in [-0.15, -0.1) is 0 Å². The van der Waals surface area contributed by atoms with E-state index in [-0.39, 0.29) is 23.9 Å². The van der Waals surface area contributed by atoms with Crippen molar-refractivity contribution in [1.29, 1.82) is 0 Å². The first-order valence-corrected chi connectivity index (χ1v) is 5.07. The molecule has 1 saturated heterocycles. The molecule has 4 nitrogen and oxygen atoms in total. The zero-order valence-electron chi connectivity index (χ0n) is 9.28. The van der Waals surface area contributed by atoms with Gasteiger partial charge in [0.05, 0.1) is 0 Å². The molecule has 1 aliphatic heterocycles. The van der Waals surface area contributed by atoms with Crippen LogP contribution in [0.2, 0.25) is 0 Å². The molecule has 0 saturated carbocycles. The molecule has 0 N–H and O–H groups in total. The summed E-state index contributed by atoms with van der Waals surface area (Å²) in [4.78, 5) is 26.8. The Morgan fingerprint density at radius 3 is 1.43 bits per heavy atom. The lowest BCUT2D eigenvalue weighted by Crippen LogP contribution is -2.61. The molecule has 0 aliphatic carbocycles. The summed E-state index contributed by atoms with van der Waals surface area (Å²) in [5.41, 5.74) is 0. The van der Waals surface area contributed by atoms with E-state index in [1.165, 1.54) is 0 Å². The molecule has 0 spiro atoms. The topological polar surface area (TPSA) is 40.6 Å². The molecule has 1 fully saturated rings. The van der Waals surface area contributed by atoms with E-state index in [0.717, 1.165) is 0 Å². The summed E-state index contributed by atoms with van der Waals surface area (Å²) in [6, 6.07) is -0.536. The van der Waals surface area contributed by atoms with E-state index < -0.39 is 0 Å². The minimum Gasteiger partial charge on any atom is -0.332 e. The maximum absolute atomic E-state index is 11.8. The van der Waals surface area contributed by atoms with E-state index in [2.05, 4.69) is 0 Å². The second-order valence-corrected chi connectivity index (χ2v) is 3.75. The van der Waals surface area contributed by atoms with Crippen LogP contribution >= 0.6 is 0 Å². The van der Waals surface area contributed by atoms with E-state index >= 15 is 0 Å². The SMILES string of the molecule is CC[C@@H]1C(=O)N(C)[C@H](CC)C(=O)N1C. The van der Waals surface area contributed by atoms with Crippen molar-refractivity contribution >= 4 is 11.8 Å². The van der Waals surface area contributed by atoms with Crippen molar-refractivity contribution in [1.82, 2.24) is 9.80 Å². The number of nitrogens with zero attached hydrogens (tertiary/aromatic N) is 2. The van der Waals surface area contributed by atoms with Crippen LogP contribution in [0.1, 0.15) is 26.7 Å². The third-order valence-corrected chi connectivity index (χ3v) is 2.97. The molecular formula is C10H18N2O2. The predicted molar refractivity (Wildman–Crippen MR) is 53.7 cm³/mol. The van der Waals surface area contributed by atoms with Crippen LogP contribution in [0.4, 0.5) is 0 Å². The second-order valence-electron chi connectivity index (χ2n) is 3.75. The fourth-order valence-corrected chi connectivity index (χ4v) is 2.01. The average Bonchev–Trinajstić information content (AvgIpc) is 2.17. The zero-order chi connectivity index (χ0) is 10.9. The quantitative estimate of drug-likeness (QED) is 0.647. The smallest absolute Gasteiger partial charge is 0.245 e. The van der Waals surface area contributed by atoms with E-state index in [1.54, 1.807) is 23.9 Å². The molecule has 0 unspecified atom stereocenters. The maximum atomic E-state index is 11.8. The largest absolute Gasteiger partial charge is 0.332 e. The van der Waals surface area contributed by atoms with Gasteiger partial charge >= 0.3 is 0 Å². The highest BCUT2D eigenvalue weighted by atomic mass is 16.2. The van der Waals surface area contributed by atoms with Crippen molar-refractivity contribution in [2.75, 3.05) is 14.1 Å². The summed E-state index contributed by atoms with van der Waals surface area (Å²) in [6.45, 7) is 3.85. The predicted octanol–water partition coefficient (Wildman–Crippen LogP) is 0.474. The third kappa shape index (κ3) is 1.49. The van der Waals surface area contributed by atoms with Crippen molar-refractivity contribution in [3.63, 3.8) is 0 Å². The Bertz CT molecular complexity index is 227. The van der Waals surface area contributed by atoms with Crippen molar-refractivity contribution in [3.05, 3.63) is 0 Å². The monoisotopic (exact) mass is 198 g/mol. The number of rotatable bonds is 2. The molecule has 80 valence electrons. The first kappa shape index (κ1) is 11.0. The van der Waals surface area contributed by atoms with Crippen molar-refractivity contribution in [3.8, 4) is 0 Å². The van der Waals surface area contributed by atoms with Gasteiger partial charge in [0.2, 0.25) is 11.8 Å². The van der Waals surface area contributed by atoms with Gasteiger partial charge in [-0.2, -0.15) is 0 Å². The van der Waals surface area contributed by atoms with Gasteiger partial charge in [-0.25, -0.2) is 0 Å². The van der Waals surface area contributed by atoms with Gasteiger partial charge in [0, 0.05) is 14.1 Å². The molecule has 2 atom stereocenters. The van der Waals surface area contributed by atoms with Gasteiger partial charge in [-0.3, -0.25) is 9.59 Å². The normalized spacial score (nSPS) is 28.6. The summed E-state index contributed by atoms with van der Waals surface area (Å²) >= 11 is 0. The summed E-state index contributed by atoms with van der Waals surface area (Å²) in [6.07, 6.45) is 1.36. The lowest BCUT2D eigenvalue weighted by molar-refractivity contribution is -0.158. The Hall–Kier alpha value is -1.06. The highest BCUT2D eigenvalue weighted by Crippen LogP contribution is 2.18. The number of carbonyl (C=O) groups excluding carboxylic acids is 2. The van der Waals surface area contributed by atoms with Crippen LogP contribution < -0.4 is 0 Å². The summed E-state index contributed by atoms with van der Waals surface area (Å²) in [5, 5.41) is 0. The fraction of sp³-hybridized carbons (Fsp3) is 0.800. The van der Waals surface area contributed by atoms with Crippen LogP contribution in [-0.2, 0) is 9.59 Å². The molecule has 0 aromatic rings. The molecule has 14 heavy (non-hydrogen) atoms. The highest BCUT2D eigenvalue weighted by Gasteiger charge is 2.40. The van der Waals surface area contributed by atoms with E-state index in [0.29, 0.717) is 12.8 Å². The van der Waals surface area contributed by atoms with E-state index in [1.807, 2.05) is 13.8 Å². The Morgan fingerprint density at radius 1 is 0.929 bits per heavy atom. The average molecular weight is 198 g/mol. The zero-order valence-corrected chi connectivity index (χ0v) is 9.28. The van der Waals surface area contributed by atoms with Crippen molar-refractivity contribution in [2.45, 2.75) is 38.8 Å². The molecule has 0 aromatic carbocycles. The summed E-state index contributed by atoms with van der Waals surface area (Å²) in [5.74, 6) is 0.114. The molecule has 0 bridgehead atoms. The Labute approximate surface area is 84.9 Å². The second kappa shape index (κ2) is 3.98. The Balaban J connectivity index is 2.93. The van der Waals surface area contributed by atoms with Crippen LogP contribution in [-0.4, -0.2) is 47.8 Å². The standard InChI is InChI=1S/C10H18N2O2/c1-5-7-9(13)12(4)8(6-2)10(14)11(7)3/h7-8H,5-6H2,1-4H3/t7-,8-/m1/s1. The van der Waals surface area contributed by atoms with Crippen molar-refractivity contribution in [2.24, 2.45) is 0 Å². The van der Waals surface area contributed by atoms with Crippen LogP contribution in [0.5, 0.6) is 0 Å². The molecule has 2 amide bonds. The summed E-state index contributed by atoms with van der Waals surface area (Å²) in [7, 11) is 3.42. The molecule has 1 rings (SSSR count). The highest BCUT2D eigenvalue weighted by molar-refractivity contribution is 5.96. The van der Waals surface area contributed by atoms with Gasteiger partial charge in [-0.1, -0.05) is 13.8 Å². The van der Waals surface area contributed by atoms with Gasteiger partial charge < -0.3 is 9.80 Å². The number of piperazine rings is 1.